The van der Waals surface area contributed by atoms with Crippen molar-refractivity contribution in [3.8, 4) is 5.75 Å². The number of hydrogen-bond donors (Lipinski definition) is 0. The van der Waals surface area contributed by atoms with E-state index in [1.165, 1.54) is 0 Å². The van der Waals surface area contributed by atoms with Gasteiger partial charge in [-0.1, -0.05) is 0 Å². The summed E-state index contributed by atoms with van der Waals surface area (Å²) >= 11 is 0. The number of rotatable bonds is 5. The van der Waals surface area contributed by atoms with E-state index in [2.05, 4.69) is 0 Å². The molecule has 2 aromatic rings. The van der Waals surface area contributed by atoms with Gasteiger partial charge in [-0.2, -0.15) is 0 Å². The number of carbonyl (C=O) groups excluding carboxylic acids is 1. The molecule has 1 heterocycles. The number of anilines is 1. The van der Waals surface area contributed by atoms with E-state index in [1.807, 2.05) is 18.7 Å². The minimum Gasteiger partial charge on any atom is -0.497 e. The summed E-state index contributed by atoms with van der Waals surface area (Å²) in [6, 6.07) is 5.24. The van der Waals surface area contributed by atoms with Crippen molar-refractivity contribution in [1.82, 2.24) is 0 Å². The average molecular weight is 275 g/mol. The molecule has 0 bridgehead atoms. The Labute approximate surface area is 116 Å². The van der Waals surface area contributed by atoms with E-state index >= 15 is 0 Å². The van der Waals surface area contributed by atoms with Crippen molar-refractivity contribution in [2.24, 2.45) is 0 Å². The predicted octanol–water partition coefficient (Wildman–Crippen LogP) is 2.46. The van der Waals surface area contributed by atoms with Gasteiger partial charge in [0, 0.05) is 24.5 Å². The van der Waals surface area contributed by atoms with E-state index in [0.29, 0.717) is 36.4 Å². The highest BCUT2D eigenvalue weighted by Gasteiger charge is 2.18. The minimum absolute atomic E-state index is 0.0615. The summed E-state index contributed by atoms with van der Waals surface area (Å²) in [6.45, 7) is 5.34. The summed E-state index contributed by atoms with van der Waals surface area (Å²) in [4.78, 5) is 25.2. The first-order chi connectivity index (χ1) is 9.65. The Morgan fingerprint density at radius 2 is 2.00 bits per heavy atom. The summed E-state index contributed by atoms with van der Waals surface area (Å²) in [5.41, 5.74) is 0.481. The quantitative estimate of drug-likeness (QED) is 0.619. The molecule has 1 aromatic carbocycles. The summed E-state index contributed by atoms with van der Waals surface area (Å²) < 4.78 is 10.3. The molecule has 0 atom stereocenters. The third-order valence-electron chi connectivity index (χ3n) is 3.32. The molecule has 0 N–H and O–H groups in total. The van der Waals surface area contributed by atoms with E-state index in [4.69, 9.17) is 9.15 Å². The molecule has 20 heavy (non-hydrogen) atoms. The second-order valence-corrected chi connectivity index (χ2v) is 4.30. The maximum absolute atomic E-state index is 12.0. The van der Waals surface area contributed by atoms with Crippen LogP contribution in [0.3, 0.4) is 0 Å². The fourth-order valence-electron chi connectivity index (χ4n) is 2.29. The van der Waals surface area contributed by atoms with Gasteiger partial charge in [0.2, 0.25) is 0 Å². The van der Waals surface area contributed by atoms with Crippen molar-refractivity contribution >= 4 is 22.9 Å². The summed E-state index contributed by atoms with van der Waals surface area (Å²) in [7, 11) is 1.55. The van der Waals surface area contributed by atoms with E-state index < -0.39 is 5.63 Å². The number of methoxy groups -OCH3 is 1. The maximum Gasteiger partial charge on any atom is 0.349 e. The van der Waals surface area contributed by atoms with Crippen LogP contribution >= 0.6 is 0 Å². The monoisotopic (exact) mass is 275 g/mol. The average Bonchev–Trinajstić information content (AvgIpc) is 2.47. The topological polar surface area (TPSA) is 59.8 Å². The smallest absolute Gasteiger partial charge is 0.349 e. The lowest BCUT2D eigenvalue weighted by atomic mass is 10.1. The highest BCUT2D eigenvalue weighted by atomic mass is 16.5. The Morgan fingerprint density at radius 3 is 2.55 bits per heavy atom. The van der Waals surface area contributed by atoms with Gasteiger partial charge in [0.05, 0.1) is 12.8 Å². The molecule has 0 unspecified atom stereocenters. The minimum atomic E-state index is -0.623. The number of benzene rings is 1. The lowest BCUT2D eigenvalue weighted by molar-refractivity contribution is 0.112. The molecule has 1 aromatic heterocycles. The van der Waals surface area contributed by atoms with Crippen molar-refractivity contribution in [3.63, 3.8) is 0 Å². The van der Waals surface area contributed by atoms with Gasteiger partial charge in [0.1, 0.15) is 16.9 Å². The van der Waals surface area contributed by atoms with Gasteiger partial charge in [0.25, 0.3) is 0 Å². The molecular formula is C15H17NO4. The molecule has 5 heteroatoms. The zero-order valence-corrected chi connectivity index (χ0v) is 11.8. The first-order valence-electron chi connectivity index (χ1n) is 6.51. The Balaban J connectivity index is 2.85. The summed E-state index contributed by atoms with van der Waals surface area (Å²) in [5, 5.41) is 0.733. The van der Waals surface area contributed by atoms with Crippen LogP contribution in [0.2, 0.25) is 0 Å². The molecule has 106 valence electrons. The summed E-state index contributed by atoms with van der Waals surface area (Å²) in [5.74, 6) is 0.602. The second kappa shape index (κ2) is 5.77. The molecule has 0 aliphatic heterocycles. The van der Waals surface area contributed by atoms with Gasteiger partial charge in [-0.15, -0.1) is 0 Å². The second-order valence-electron chi connectivity index (χ2n) is 4.30. The van der Waals surface area contributed by atoms with Crippen molar-refractivity contribution in [2.45, 2.75) is 13.8 Å². The normalized spacial score (nSPS) is 10.6. The number of hydrogen-bond acceptors (Lipinski definition) is 5. The number of fused-ring (bicyclic) bond motifs is 1. The first-order valence-corrected chi connectivity index (χ1v) is 6.51. The van der Waals surface area contributed by atoms with Crippen LogP contribution in [-0.4, -0.2) is 26.5 Å². The van der Waals surface area contributed by atoms with E-state index in [9.17, 15) is 9.59 Å². The van der Waals surface area contributed by atoms with Gasteiger partial charge in [0.15, 0.2) is 6.29 Å². The zero-order valence-electron chi connectivity index (χ0n) is 11.8. The van der Waals surface area contributed by atoms with Crippen LogP contribution in [0.25, 0.3) is 11.0 Å². The van der Waals surface area contributed by atoms with Gasteiger partial charge < -0.3 is 14.1 Å². The standard InChI is InChI=1S/C15H17NO4/c1-4-16(5-2)14-11-7-6-10(19-3)8-13(11)20-15(18)12(14)9-17/h6-9H,4-5H2,1-3H3. The highest BCUT2D eigenvalue weighted by molar-refractivity contribution is 5.99. The molecule has 0 spiro atoms. The molecule has 0 fully saturated rings. The summed E-state index contributed by atoms with van der Waals surface area (Å²) in [6.07, 6.45) is 0.559. The molecular weight excluding hydrogens is 258 g/mol. The van der Waals surface area contributed by atoms with Crippen LogP contribution in [0.4, 0.5) is 5.69 Å². The van der Waals surface area contributed by atoms with E-state index in [1.54, 1.807) is 25.3 Å². The Morgan fingerprint density at radius 1 is 1.30 bits per heavy atom. The fourth-order valence-corrected chi connectivity index (χ4v) is 2.29. The van der Waals surface area contributed by atoms with Crippen LogP contribution in [0.5, 0.6) is 5.75 Å². The van der Waals surface area contributed by atoms with Crippen molar-refractivity contribution in [1.29, 1.82) is 0 Å². The Kier molecular flexibility index (Phi) is 4.08. The lowest BCUT2D eigenvalue weighted by Crippen LogP contribution is -2.26. The van der Waals surface area contributed by atoms with Gasteiger partial charge >= 0.3 is 5.63 Å². The van der Waals surface area contributed by atoms with Crippen LogP contribution in [0.1, 0.15) is 24.2 Å². The Bertz CT molecular complexity index is 686. The van der Waals surface area contributed by atoms with Gasteiger partial charge in [-0.05, 0) is 26.0 Å². The third kappa shape index (κ3) is 2.27. The Hall–Kier alpha value is -2.30. The molecule has 0 saturated heterocycles. The predicted molar refractivity (Wildman–Crippen MR) is 78.0 cm³/mol. The SMILES string of the molecule is CCN(CC)c1c(C=O)c(=O)oc2cc(OC)ccc12. The van der Waals surface area contributed by atoms with Gasteiger partial charge in [-0.25, -0.2) is 4.79 Å². The molecule has 2 rings (SSSR count). The molecule has 0 saturated carbocycles. The number of aldehydes is 1. The maximum atomic E-state index is 12.0. The molecule has 0 radical (unpaired) electrons. The molecule has 0 amide bonds. The fraction of sp³-hybridized carbons (Fsp3) is 0.333. The van der Waals surface area contributed by atoms with Crippen LogP contribution < -0.4 is 15.3 Å². The largest absolute Gasteiger partial charge is 0.497 e. The van der Waals surface area contributed by atoms with Crippen molar-refractivity contribution < 1.29 is 13.9 Å². The molecule has 0 aliphatic rings. The number of carbonyl (C=O) groups is 1. The highest BCUT2D eigenvalue weighted by Crippen LogP contribution is 2.30. The third-order valence-corrected chi connectivity index (χ3v) is 3.32. The first kappa shape index (κ1) is 14.1. The molecule has 0 aliphatic carbocycles. The van der Waals surface area contributed by atoms with E-state index in [-0.39, 0.29) is 5.56 Å². The molecule has 5 nitrogen and oxygen atoms in total. The zero-order chi connectivity index (χ0) is 14.7. The van der Waals surface area contributed by atoms with Gasteiger partial charge in [-0.3, -0.25) is 4.79 Å². The van der Waals surface area contributed by atoms with Crippen molar-refractivity contribution in [2.75, 3.05) is 25.1 Å². The van der Waals surface area contributed by atoms with Crippen LogP contribution in [-0.2, 0) is 0 Å². The van der Waals surface area contributed by atoms with E-state index in [0.717, 1.165) is 5.39 Å². The van der Waals surface area contributed by atoms with Crippen LogP contribution in [0.15, 0.2) is 27.4 Å². The lowest BCUT2D eigenvalue weighted by Gasteiger charge is -2.23. The number of nitrogens with zero attached hydrogens (tertiary/aromatic N) is 1. The number of ether oxygens (including phenoxy) is 1. The van der Waals surface area contributed by atoms with Crippen LogP contribution in [0, 0.1) is 0 Å². The van der Waals surface area contributed by atoms with Crippen molar-refractivity contribution in [3.05, 3.63) is 34.2 Å².